The molecule has 0 aliphatic carbocycles. The minimum Gasteiger partial charge on any atom is -0.345 e. The van der Waals surface area contributed by atoms with E-state index >= 15 is 0 Å². The highest BCUT2D eigenvalue weighted by Crippen LogP contribution is 2.18. The summed E-state index contributed by atoms with van der Waals surface area (Å²) in [6, 6.07) is 3.23. The van der Waals surface area contributed by atoms with Crippen LogP contribution >= 0.6 is 0 Å². The highest BCUT2D eigenvalue weighted by molar-refractivity contribution is 5.76. The Bertz CT molecular complexity index is 855. The van der Waals surface area contributed by atoms with Gasteiger partial charge < -0.3 is 9.84 Å². The summed E-state index contributed by atoms with van der Waals surface area (Å²) in [5, 5.41) is 14.0. The van der Waals surface area contributed by atoms with Gasteiger partial charge in [0.05, 0.1) is 5.69 Å². The van der Waals surface area contributed by atoms with E-state index in [0.717, 1.165) is 22.5 Å². The number of hydrogen-bond donors (Lipinski definition) is 2. The highest BCUT2D eigenvalue weighted by atomic mass is 16.5. The van der Waals surface area contributed by atoms with Crippen LogP contribution in [0.3, 0.4) is 0 Å². The average Bonchev–Trinajstić information content (AvgIpc) is 3.23. The van der Waals surface area contributed by atoms with Crippen LogP contribution in [0.4, 0.5) is 0 Å². The SMILES string of the molecule is Cc1[nH]nc(CCC(=O)N[C@@H](C)c2nc(-c3ccncc3)no2)c1C. The van der Waals surface area contributed by atoms with Crippen molar-refractivity contribution >= 4 is 5.91 Å². The van der Waals surface area contributed by atoms with E-state index in [0.29, 0.717) is 24.6 Å². The van der Waals surface area contributed by atoms with Crippen molar-refractivity contribution in [2.45, 2.75) is 39.7 Å². The Kier molecular flexibility index (Phi) is 4.87. The minimum absolute atomic E-state index is 0.0868. The molecule has 0 spiro atoms. The first-order valence-corrected chi connectivity index (χ1v) is 8.08. The lowest BCUT2D eigenvalue weighted by Gasteiger charge is -2.09. The monoisotopic (exact) mass is 340 g/mol. The molecule has 0 saturated carbocycles. The van der Waals surface area contributed by atoms with Crippen molar-refractivity contribution in [3.05, 3.63) is 47.4 Å². The first-order valence-electron chi connectivity index (χ1n) is 8.08. The molecule has 0 radical (unpaired) electrons. The lowest BCUT2D eigenvalue weighted by molar-refractivity contribution is -0.121. The van der Waals surface area contributed by atoms with Crippen LogP contribution in [0.15, 0.2) is 29.0 Å². The molecule has 25 heavy (non-hydrogen) atoms. The number of aromatic amines is 1. The van der Waals surface area contributed by atoms with Crippen molar-refractivity contribution in [3.8, 4) is 11.4 Å². The van der Waals surface area contributed by atoms with Crippen molar-refractivity contribution in [2.75, 3.05) is 0 Å². The van der Waals surface area contributed by atoms with Gasteiger partial charge >= 0.3 is 0 Å². The predicted octanol–water partition coefficient (Wildman–Crippen LogP) is 2.28. The van der Waals surface area contributed by atoms with Gasteiger partial charge in [-0.2, -0.15) is 10.1 Å². The normalized spacial score (nSPS) is 12.1. The summed E-state index contributed by atoms with van der Waals surface area (Å²) in [4.78, 5) is 20.4. The lowest BCUT2D eigenvalue weighted by atomic mass is 10.1. The zero-order valence-corrected chi connectivity index (χ0v) is 14.4. The zero-order valence-electron chi connectivity index (χ0n) is 14.4. The molecule has 3 rings (SSSR count). The molecule has 1 amide bonds. The van der Waals surface area contributed by atoms with E-state index in [9.17, 15) is 4.79 Å². The Morgan fingerprint density at radius 2 is 2.08 bits per heavy atom. The number of hydrogen-bond acceptors (Lipinski definition) is 6. The van der Waals surface area contributed by atoms with E-state index in [1.807, 2.05) is 20.8 Å². The molecule has 0 fully saturated rings. The summed E-state index contributed by atoms with van der Waals surface area (Å²) in [6.07, 6.45) is 4.26. The number of nitrogens with zero attached hydrogens (tertiary/aromatic N) is 4. The quantitative estimate of drug-likeness (QED) is 0.712. The van der Waals surface area contributed by atoms with Crippen molar-refractivity contribution in [1.29, 1.82) is 0 Å². The summed E-state index contributed by atoms with van der Waals surface area (Å²) in [7, 11) is 0. The summed E-state index contributed by atoms with van der Waals surface area (Å²) >= 11 is 0. The van der Waals surface area contributed by atoms with Gasteiger partial charge in [-0.25, -0.2) is 0 Å². The van der Waals surface area contributed by atoms with E-state index in [1.54, 1.807) is 24.5 Å². The molecule has 8 nitrogen and oxygen atoms in total. The van der Waals surface area contributed by atoms with Crippen LogP contribution in [0.2, 0.25) is 0 Å². The van der Waals surface area contributed by atoms with Crippen molar-refractivity contribution in [2.24, 2.45) is 0 Å². The smallest absolute Gasteiger partial charge is 0.249 e. The lowest BCUT2D eigenvalue weighted by Crippen LogP contribution is -2.27. The topological polar surface area (TPSA) is 110 Å². The summed E-state index contributed by atoms with van der Waals surface area (Å²) < 4.78 is 5.25. The number of carbonyl (C=O) groups excluding carboxylic acids is 1. The highest BCUT2D eigenvalue weighted by Gasteiger charge is 2.18. The van der Waals surface area contributed by atoms with Crippen LogP contribution in [0, 0.1) is 13.8 Å². The van der Waals surface area contributed by atoms with E-state index in [1.165, 1.54) is 0 Å². The first-order chi connectivity index (χ1) is 12.0. The number of aromatic nitrogens is 5. The molecular formula is C17H20N6O2. The number of nitrogens with one attached hydrogen (secondary N) is 2. The fourth-order valence-electron chi connectivity index (χ4n) is 2.42. The Hall–Kier alpha value is -3.03. The Labute approximate surface area is 145 Å². The van der Waals surface area contributed by atoms with Crippen LogP contribution in [-0.2, 0) is 11.2 Å². The molecule has 0 aliphatic rings. The van der Waals surface area contributed by atoms with Crippen LogP contribution in [0.5, 0.6) is 0 Å². The molecule has 2 N–H and O–H groups in total. The van der Waals surface area contributed by atoms with E-state index < -0.39 is 0 Å². The van der Waals surface area contributed by atoms with Crippen molar-refractivity contribution < 1.29 is 9.32 Å². The second-order valence-corrected chi connectivity index (χ2v) is 5.90. The van der Waals surface area contributed by atoms with Gasteiger partial charge in [-0.05, 0) is 38.5 Å². The number of carbonyl (C=O) groups is 1. The Morgan fingerprint density at radius 3 is 2.76 bits per heavy atom. The summed E-state index contributed by atoms with van der Waals surface area (Å²) in [6.45, 7) is 5.77. The molecule has 3 aromatic heterocycles. The van der Waals surface area contributed by atoms with Crippen LogP contribution in [0.25, 0.3) is 11.4 Å². The standard InChI is InChI=1S/C17H20N6O2/c1-10-11(2)21-22-14(10)4-5-15(24)19-12(3)17-20-16(23-25-17)13-6-8-18-9-7-13/h6-9,12H,4-5H2,1-3H3,(H,19,24)(H,21,22)/t12-/m0/s1. The molecular weight excluding hydrogens is 320 g/mol. The summed E-state index contributed by atoms with van der Waals surface area (Å²) in [5.74, 6) is 0.754. The molecule has 0 aromatic carbocycles. The number of aryl methyl sites for hydroxylation is 2. The average molecular weight is 340 g/mol. The van der Waals surface area contributed by atoms with E-state index in [2.05, 4.69) is 30.6 Å². The second kappa shape index (κ2) is 7.25. The Morgan fingerprint density at radius 1 is 1.32 bits per heavy atom. The number of rotatable bonds is 6. The van der Waals surface area contributed by atoms with Gasteiger partial charge in [0.15, 0.2) is 0 Å². The molecule has 130 valence electrons. The molecule has 1 atom stereocenters. The fourth-order valence-corrected chi connectivity index (χ4v) is 2.42. The number of pyridine rings is 1. The van der Waals surface area contributed by atoms with Crippen LogP contribution in [0.1, 0.15) is 42.2 Å². The maximum atomic E-state index is 12.1. The largest absolute Gasteiger partial charge is 0.345 e. The van der Waals surface area contributed by atoms with Gasteiger partial charge in [-0.15, -0.1) is 0 Å². The molecule has 0 bridgehead atoms. The van der Waals surface area contributed by atoms with Gasteiger partial charge in [0, 0.05) is 36.5 Å². The minimum atomic E-state index is -0.363. The van der Waals surface area contributed by atoms with Gasteiger partial charge in [0.2, 0.25) is 17.6 Å². The van der Waals surface area contributed by atoms with Gasteiger partial charge in [0.25, 0.3) is 0 Å². The number of amides is 1. The molecule has 0 unspecified atom stereocenters. The third kappa shape index (κ3) is 3.90. The Balaban J connectivity index is 1.57. The van der Waals surface area contributed by atoms with E-state index in [-0.39, 0.29) is 11.9 Å². The maximum Gasteiger partial charge on any atom is 0.249 e. The van der Waals surface area contributed by atoms with Crippen LogP contribution < -0.4 is 5.32 Å². The molecule has 3 heterocycles. The fraction of sp³-hybridized carbons (Fsp3) is 0.353. The number of H-pyrrole nitrogens is 1. The van der Waals surface area contributed by atoms with Gasteiger partial charge in [0.1, 0.15) is 6.04 Å². The zero-order chi connectivity index (χ0) is 17.8. The molecule has 8 heteroatoms. The van der Waals surface area contributed by atoms with E-state index in [4.69, 9.17) is 4.52 Å². The van der Waals surface area contributed by atoms with Gasteiger partial charge in [-0.3, -0.25) is 14.9 Å². The molecule has 3 aromatic rings. The second-order valence-electron chi connectivity index (χ2n) is 5.90. The first kappa shape index (κ1) is 16.8. The summed E-state index contributed by atoms with van der Waals surface area (Å²) in [5.41, 5.74) is 3.85. The third-order valence-corrected chi connectivity index (χ3v) is 4.07. The van der Waals surface area contributed by atoms with Gasteiger partial charge in [-0.1, -0.05) is 5.16 Å². The van der Waals surface area contributed by atoms with Crippen LogP contribution in [-0.4, -0.2) is 31.2 Å². The van der Waals surface area contributed by atoms with Crippen molar-refractivity contribution in [3.63, 3.8) is 0 Å². The maximum absolute atomic E-state index is 12.1. The molecule has 0 saturated heterocycles. The molecule has 0 aliphatic heterocycles. The third-order valence-electron chi connectivity index (χ3n) is 4.07. The van der Waals surface area contributed by atoms with Crippen molar-refractivity contribution in [1.82, 2.24) is 30.6 Å². The predicted molar refractivity (Wildman–Crippen MR) is 90.5 cm³/mol.